The molecule has 0 aliphatic carbocycles. The van der Waals surface area contributed by atoms with E-state index in [2.05, 4.69) is 30.6 Å². The van der Waals surface area contributed by atoms with Gasteiger partial charge in [0.15, 0.2) is 11.5 Å². The minimum absolute atomic E-state index is 0.121. The van der Waals surface area contributed by atoms with Crippen LogP contribution in [0, 0.1) is 0 Å². The predicted molar refractivity (Wildman–Crippen MR) is 70.6 cm³/mol. The summed E-state index contributed by atoms with van der Waals surface area (Å²) in [6.07, 6.45) is 2.21. The van der Waals surface area contributed by atoms with Crippen LogP contribution in [-0.4, -0.2) is 44.2 Å². The molecule has 0 unspecified atom stereocenters. The zero-order valence-electron chi connectivity index (χ0n) is 10.8. The Bertz CT molecular complexity index is 535. The molecule has 18 heavy (non-hydrogen) atoms. The number of imidazole rings is 1. The van der Waals surface area contributed by atoms with Crippen molar-refractivity contribution in [2.45, 2.75) is 25.8 Å². The molecule has 0 spiro atoms. The van der Waals surface area contributed by atoms with Gasteiger partial charge in [-0.15, -0.1) is 0 Å². The van der Waals surface area contributed by atoms with Gasteiger partial charge in [0.2, 0.25) is 5.95 Å². The molecule has 0 saturated carbocycles. The number of nitrogens with zero attached hydrogens (tertiary/aromatic N) is 3. The van der Waals surface area contributed by atoms with E-state index in [1.54, 1.807) is 13.4 Å². The molecule has 2 aromatic heterocycles. The fraction of sp³-hybridized carbons (Fsp3) is 0.545. The van der Waals surface area contributed by atoms with Crippen LogP contribution in [0.1, 0.15) is 20.3 Å². The van der Waals surface area contributed by atoms with E-state index in [1.807, 2.05) is 13.8 Å². The fourth-order valence-electron chi connectivity index (χ4n) is 1.70. The number of rotatable bonds is 5. The molecule has 0 aliphatic rings. The first-order valence-corrected chi connectivity index (χ1v) is 5.83. The molecule has 0 saturated heterocycles. The number of aliphatic hydroxyl groups is 1. The summed E-state index contributed by atoms with van der Waals surface area (Å²) in [5, 5.41) is 15.3. The maximum atomic E-state index is 9.05. The Hall–Kier alpha value is -1.89. The lowest BCUT2D eigenvalue weighted by molar-refractivity contribution is 0.260. The van der Waals surface area contributed by atoms with Gasteiger partial charge in [0.25, 0.3) is 0 Å². The summed E-state index contributed by atoms with van der Waals surface area (Å²) >= 11 is 0. The maximum absolute atomic E-state index is 9.05. The van der Waals surface area contributed by atoms with Gasteiger partial charge in [0, 0.05) is 19.2 Å². The molecule has 0 atom stereocenters. The van der Waals surface area contributed by atoms with Gasteiger partial charge < -0.3 is 20.7 Å². The molecule has 2 aromatic rings. The Balaban J connectivity index is 2.39. The van der Waals surface area contributed by atoms with Gasteiger partial charge >= 0.3 is 0 Å². The molecule has 0 aromatic carbocycles. The van der Waals surface area contributed by atoms with Gasteiger partial charge in [-0.2, -0.15) is 9.97 Å². The molecule has 0 aliphatic heterocycles. The third-order valence-electron chi connectivity index (χ3n) is 2.70. The van der Waals surface area contributed by atoms with Gasteiger partial charge in [0.1, 0.15) is 5.52 Å². The number of fused-ring (bicyclic) bond motifs is 1. The summed E-state index contributed by atoms with van der Waals surface area (Å²) in [7, 11) is 1.76. The first-order valence-electron chi connectivity index (χ1n) is 5.83. The molecule has 2 rings (SSSR count). The third kappa shape index (κ3) is 2.51. The lowest BCUT2D eigenvalue weighted by atomic mass is 10.0. The first kappa shape index (κ1) is 12.6. The molecule has 2 heterocycles. The Morgan fingerprint density at radius 3 is 2.83 bits per heavy atom. The number of nitrogens with one attached hydrogen (secondary N) is 3. The molecule has 7 heteroatoms. The Morgan fingerprint density at radius 2 is 2.17 bits per heavy atom. The fourth-order valence-corrected chi connectivity index (χ4v) is 1.70. The smallest absolute Gasteiger partial charge is 0.226 e. The Kier molecular flexibility index (Phi) is 3.33. The lowest BCUT2D eigenvalue weighted by Crippen LogP contribution is -2.32. The van der Waals surface area contributed by atoms with E-state index in [-0.39, 0.29) is 12.1 Å². The second-order valence-electron chi connectivity index (χ2n) is 4.73. The van der Waals surface area contributed by atoms with Crippen molar-refractivity contribution in [3.63, 3.8) is 0 Å². The van der Waals surface area contributed by atoms with E-state index in [1.165, 1.54) is 0 Å². The number of H-pyrrole nitrogens is 1. The number of hydrogen-bond acceptors (Lipinski definition) is 6. The largest absolute Gasteiger partial charge is 0.396 e. The van der Waals surface area contributed by atoms with Crippen molar-refractivity contribution in [1.82, 2.24) is 19.9 Å². The summed E-state index contributed by atoms with van der Waals surface area (Å²) in [6, 6.07) is 0. The Morgan fingerprint density at radius 1 is 1.39 bits per heavy atom. The van der Waals surface area contributed by atoms with Gasteiger partial charge in [-0.25, -0.2) is 4.98 Å². The van der Waals surface area contributed by atoms with Crippen molar-refractivity contribution in [2.75, 3.05) is 24.3 Å². The lowest BCUT2D eigenvalue weighted by Gasteiger charge is -2.26. The van der Waals surface area contributed by atoms with Crippen LogP contribution >= 0.6 is 0 Å². The quantitative estimate of drug-likeness (QED) is 0.631. The monoisotopic (exact) mass is 250 g/mol. The van der Waals surface area contributed by atoms with Crippen molar-refractivity contribution in [1.29, 1.82) is 0 Å². The van der Waals surface area contributed by atoms with Crippen LogP contribution in [-0.2, 0) is 0 Å². The predicted octanol–water partition coefficient (Wildman–Crippen LogP) is 0.967. The van der Waals surface area contributed by atoms with Crippen molar-refractivity contribution >= 4 is 22.9 Å². The van der Waals surface area contributed by atoms with Crippen LogP contribution in [0.25, 0.3) is 11.2 Å². The number of anilines is 2. The second kappa shape index (κ2) is 4.77. The maximum Gasteiger partial charge on any atom is 0.226 e. The average Bonchev–Trinajstić information content (AvgIpc) is 2.76. The zero-order valence-corrected chi connectivity index (χ0v) is 10.8. The van der Waals surface area contributed by atoms with Gasteiger partial charge in [-0.3, -0.25) is 0 Å². The SMILES string of the molecule is CNc1nc(NC(C)(C)CCO)c2[nH]cnc2n1. The standard InChI is InChI=1S/C11H18N6O/c1-11(2,4-5-18)17-9-7-8(14-6-13-7)15-10(12-3)16-9/h6,18H,4-5H2,1-3H3,(H3,12,13,14,15,16,17). The van der Waals surface area contributed by atoms with Crippen LogP contribution in [0.3, 0.4) is 0 Å². The van der Waals surface area contributed by atoms with E-state index in [4.69, 9.17) is 5.11 Å². The first-order chi connectivity index (χ1) is 8.55. The van der Waals surface area contributed by atoms with E-state index < -0.39 is 0 Å². The summed E-state index contributed by atoms with van der Waals surface area (Å²) < 4.78 is 0. The molecule has 7 nitrogen and oxygen atoms in total. The number of aliphatic hydroxyl groups excluding tert-OH is 1. The topological polar surface area (TPSA) is 98.8 Å². The molecule has 4 N–H and O–H groups in total. The summed E-state index contributed by atoms with van der Waals surface area (Å²) in [4.78, 5) is 15.8. The van der Waals surface area contributed by atoms with E-state index in [0.29, 0.717) is 23.8 Å². The summed E-state index contributed by atoms with van der Waals surface area (Å²) in [5.74, 6) is 1.19. The highest BCUT2D eigenvalue weighted by Crippen LogP contribution is 2.23. The van der Waals surface area contributed by atoms with Crippen molar-refractivity contribution in [2.24, 2.45) is 0 Å². The normalized spacial score (nSPS) is 11.8. The molecule has 0 fully saturated rings. The second-order valence-corrected chi connectivity index (χ2v) is 4.73. The summed E-state index contributed by atoms with van der Waals surface area (Å²) in [5.41, 5.74) is 1.11. The van der Waals surface area contributed by atoms with E-state index >= 15 is 0 Å². The van der Waals surface area contributed by atoms with Gasteiger partial charge in [-0.1, -0.05) is 0 Å². The number of aromatic nitrogens is 4. The highest BCUT2D eigenvalue weighted by atomic mass is 16.3. The molecular weight excluding hydrogens is 232 g/mol. The molecular formula is C11H18N6O. The van der Waals surface area contributed by atoms with Crippen LogP contribution in [0.5, 0.6) is 0 Å². The number of hydrogen-bond donors (Lipinski definition) is 4. The highest BCUT2D eigenvalue weighted by Gasteiger charge is 2.20. The third-order valence-corrected chi connectivity index (χ3v) is 2.70. The van der Waals surface area contributed by atoms with Gasteiger partial charge in [0.05, 0.1) is 6.33 Å². The van der Waals surface area contributed by atoms with Crippen LogP contribution in [0.4, 0.5) is 11.8 Å². The van der Waals surface area contributed by atoms with Crippen molar-refractivity contribution in [3.05, 3.63) is 6.33 Å². The van der Waals surface area contributed by atoms with E-state index in [9.17, 15) is 0 Å². The molecule has 0 amide bonds. The number of aromatic amines is 1. The van der Waals surface area contributed by atoms with Gasteiger partial charge in [-0.05, 0) is 20.3 Å². The molecule has 98 valence electrons. The molecule has 0 radical (unpaired) electrons. The minimum Gasteiger partial charge on any atom is -0.396 e. The van der Waals surface area contributed by atoms with Crippen LogP contribution < -0.4 is 10.6 Å². The van der Waals surface area contributed by atoms with Crippen molar-refractivity contribution < 1.29 is 5.11 Å². The molecule has 0 bridgehead atoms. The van der Waals surface area contributed by atoms with Crippen molar-refractivity contribution in [3.8, 4) is 0 Å². The van der Waals surface area contributed by atoms with Crippen LogP contribution in [0.15, 0.2) is 6.33 Å². The average molecular weight is 250 g/mol. The minimum atomic E-state index is -0.258. The Labute approximate surface area is 105 Å². The highest BCUT2D eigenvalue weighted by molar-refractivity contribution is 5.83. The zero-order chi connectivity index (χ0) is 13.2. The van der Waals surface area contributed by atoms with Crippen LogP contribution in [0.2, 0.25) is 0 Å². The van der Waals surface area contributed by atoms with E-state index in [0.717, 1.165) is 5.52 Å². The summed E-state index contributed by atoms with van der Waals surface area (Å²) in [6.45, 7) is 4.13.